The number of halogens is 1. The molecule has 1 atom stereocenters. The van der Waals surface area contributed by atoms with Gasteiger partial charge in [-0.2, -0.15) is 0 Å². The van der Waals surface area contributed by atoms with Crippen LogP contribution in [0.2, 0.25) is 0 Å². The zero-order valence-electron chi connectivity index (χ0n) is 17.2. The van der Waals surface area contributed by atoms with Gasteiger partial charge in [0.2, 0.25) is 5.91 Å². The van der Waals surface area contributed by atoms with Crippen LogP contribution in [0.15, 0.2) is 0 Å². The van der Waals surface area contributed by atoms with E-state index in [0.717, 1.165) is 38.8 Å². The van der Waals surface area contributed by atoms with Gasteiger partial charge in [0.1, 0.15) is 0 Å². The van der Waals surface area contributed by atoms with Crippen molar-refractivity contribution in [2.45, 2.75) is 89.1 Å². The Morgan fingerprint density at radius 2 is 1.43 bits per heavy atom. The lowest BCUT2D eigenvalue weighted by Crippen LogP contribution is -2.51. The zero-order chi connectivity index (χ0) is 18.9. The van der Waals surface area contributed by atoms with E-state index in [2.05, 4.69) is 16.0 Å². The van der Waals surface area contributed by atoms with E-state index in [1.165, 1.54) is 51.4 Å². The largest absolute Gasteiger partial charge is 0.355 e. The molecule has 2 saturated carbocycles. The first-order chi connectivity index (χ1) is 13.2. The monoisotopic (exact) mass is 414 g/mol. The molecule has 6 nitrogen and oxygen atoms in total. The summed E-state index contributed by atoms with van der Waals surface area (Å²) in [6.07, 6.45) is 14.3. The molecule has 0 aromatic carbocycles. The Bertz CT molecular complexity index is 477. The second-order valence-electron chi connectivity index (χ2n) is 8.65. The summed E-state index contributed by atoms with van der Waals surface area (Å²) in [5.74, 6) is 0.0435. The van der Waals surface area contributed by atoms with Gasteiger partial charge in [-0.3, -0.25) is 4.79 Å². The SMILES string of the molecule is Cl.O=C(NCCNC1CCCCCC1)C1CCCN(C(=O)NC2CCCC2)C1. The average molecular weight is 415 g/mol. The first-order valence-electron chi connectivity index (χ1n) is 11.3. The minimum atomic E-state index is -0.0639. The number of hydrogen-bond donors (Lipinski definition) is 3. The number of carbonyl (C=O) groups excluding carboxylic acids is 2. The molecule has 28 heavy (non-hydrogen) atoms. The van der Waals surface area contributed by atoms with Crippen LogP contribution in [0.25, 0.3) is 0 Å². The molecule has 0 bridgehead atoms. The van der Waals surface area contributed by atoms with Gasteiger partial charge in [-0.15, -0.1) is 12.4 Å². The molecule has 3 N–H and O–H groups in total. The lowest BCUT2D eigenvalue weighted by molar-refractivity contribution is -0.126. The van der Waals surface area contributed by atoms with Gasteiger partial charge < -0.3 is 20.9 Å². The molecular weight excluding hydrogens is 376 g/mol. The van der Waals surface area contributed by atoms with Crippen molar-refractivity contribution in [3.05, 3.63) is 0 Å². The maximum absolute atomic E-state index is 12.5. The average Bonchev–Trinajstić information content (AvgIpc) is 3.06. The highest BCUT2D eigenvalue weighted by molar-refractivity contribution is 5.85. The van der Waals surface area contributed by atoms with Gasteiger partial charge in [-0.1, -0.05) is 38.5 Å². The van der Waals surface area contributed by atoms with Crippen LogP contribution in [0, 0.1) is 5.92 Å². The molecule has 3 aliphatic rings. The highest BCUT2D eigenvalue weighted by Gasteiger charge is 2.29. The molecule has 1 heterocycles. The van der Waals surface area contributed by atoms with E-state index >= 15 is 0 Å². The summed E-state index contributed by atoms with van der Waals surface area (Å²) in [6.45, 7) is 2.85. The molecule has 2 aliphatic carbocycles. The van der Waals surface area contributed by atoms with Gasteiger partial charge in [0.25, 0.3) is 0 Å². The van der Waals surface area contributed by atoms with Crippen molar-refractivity contribution in [3.8, 4) is 0 Å². The Hall–Kier alpha value is -1.01. The van der Waals surface area contributed by atoms with Crippen molar-refractivity contribution in [1.82, 2.24) is 20.9 Å². The minimum Gasteiger partial charge on any atom is -0.355 e. The number of urea groups is 1. The van der Waals surface area contributed by atoms with Gasteiger partial charge in [-0.25, -0.2) is 4.79 Å². The number of hydrogen-bond acceptors (Lipinski definition) is 3. The van der Waals surface area contributed by atoms with E-state index in [1.54, 1.807) is 0 Å². The molecule has 1 unspecified atom stereocenters. The fourth-order valence-corrected chi connectivity index (χ4v) is 4.80. The molecule has 3 amide bonds. The zero-order valence-corrected chi connectivity index (χ0v) is 18.0. The van der Waals surface area contributed by atoms with Crippen molar-refractivity contribution in [2.75, 3.05) is 26.2 Å². The summed E-state index contributed by atoms with van der Waals surface area (Å²) >= 11 is 0. The molecule has 0 radical (unpaired) electrons. The van der Waals surface area contributed by atoms with Crippen LogP contribution >= 0.6 is 12.4 Å². The van der Waals surface area contributed by atoms with Crippen LogP contribution in [-0.4, -0.2) is 55.1 Å². The van der Waals surface area contributed by atoms with Crippen LogP contribution in [0.5, 0.6) is 0 Å². The van der Waals surface area contributed by atoms with E-state index in [4.69, 9.17) is 0 Å². The standard InChI is InChI=1S/C21H38N4O2.ClH/c26-20(23-14-13-22-18-9-3-1-2-4-10-18)17-8-7-15-25(16-17)21(27)24-19-11-5-6-12-19;/h17-19,22H,1-16H2,(H,23,26)(H,24,27);1H. The fourth-order valence-electron chi connectivity index (χ4n) is 4.80. The summed E-state index contributed by atoms with van der Waals surface area (Å²) < 4.78 is 0. The van der Waals surface area contributed by atoms with Crippen LogP contribution < -0.4 is 16.0 Å². The van der Waals surface area contributed by atoms with Crippen molar-refractivity contribution in [3.63, 3.8) is 0 Å². The van der Waals surface area contributed by atoms with Crippen LogP contribution in [0.1, 0.15) is 77.0 Å². The molecular formula is C21H39ClN4O2. The van der Waals surface area contributed by atoms with Gasteiger partial charge in [-0.05, 0) is 38.5 Å². The molecule has 7 heteroatoms. The van der Waals surface area contributed by atoms with Gasteiger partial charge >= 0.3 is 6.03 Å². The van der Waals surface area contributed by atoms with Gasteiger partial charge in [0.05, 0.1) is 5.92 Å². The van der Waals surface area contributed by atoms with E-state index < -0.39 is 0 Å². The summed E-state index contributed by atoms with van der Waals surface area (Å²) in [5.41, 5.74) is 0. The first-order valence-corrected chi connectivity index (χ1v) is 11.3. The number of nitrogens with zero attached hydrogens (tertiary/aromatic N) is 1. The second kappa shape index (κ2) is 12.5. The fraction of sp³-hybridized carbons (Fsp3) is 0.905. The molecule has 0 spiro atoms. The number of amides is 3. The third kappa shape index (κ3) is 7.43. The van der Waals surface area contributed by atoms with Gasteiger partial charge in [0, 0.05) is 38.3 Å². The van der Waals surface area contributed by atoms with Crippen molar-refractivity contribution in [2.24, 2.45) is 5.92 Å². The molecule has 162 valence electrons. The molecule has 1 aliphatic heterocycles. The Balaban J connectivity index is 0.00000280. The lowest BCUT2D eigenvalue weighted by Gasteiger charge is -2.33. The topological polar surface area (TPSA) is 73.5 Å². The van der Waals surface area contributed by atoms with E-state index in [9.17, 15) is 9.59 Å². The first kappa shape index (κ1) is 23.3. The number of rotatable bonds is 6. The summed E-state index contributed by atoms with van der Waals surface area (Å²) in [7, 11) is 0. The summed E-state index contributed by atoms with van der Waals surface area (Å²) in [4.78, 5) is 26.8. The van der Waals surface area contributed by atoms with Crippen LogP contribution in [0.3, 0.4) is 0 Å². The van der Waals surface area contributed by atoms with Crippen molar-refractivity contribution < 1.29 is 9.59 Å². The Labute approximate surface area is 176 Å². The number of likely N-dealkylation sites (tertiary alicyclic amines) is 1. The quantitative estimate of drug-likeness (QED) is 0.461. The lowest BCUT2D eigenvalue weighted by atomic mass is 9.97. The number of carbonyl (C=O) groups is 2. The Morgan fingerprint density at radius 1 is 0.786 bits per heavy atom. The van der Waals surface area contributed by atoms with Crippen molar-refractivity contribution in [1.29, 1.82) is 0 Å². The van der Waals surface area contributed by atoms with E-state index in [-0.39, 0.29) is 30.3 Å². The number of nitrogens with one attached hydrogen (secondary N) is 3. The van der Waals surface area contributed by atoms with Crippen molar-refractivity contribution >= 4 is 24.3 Å². The highest BCUT2D eigenvalue weighted by atomic mass is 35.5. The summed E-state index contributed by atoms with van der Waals surface area (Å²) in [5, 5.41) is 9.83. The summed E-state index contributed by atoms with van der Waals surface area (Å²) in [6, 6.07) is 0.977. The van der Waals surface area contributed by atoms with Gasteiger partial charge in [0.15, 0.2) is 0 Å². The molecule has 3 rings (SSSR count). The smallest absolute Gasteiger partial charge is 0.317 e. The third-order valence-corrected chi connectivity index (χ3v) is 6.47. The van der Waals surface area contributed by atoms with E-state index in [1.807, 2.05) is 4.90 Å². The number of piperidine rings is 1. The molecule has 3 fully saturated rings. The highest BCUT2D eigenvalue weighted by Crippen LogP contribution is 2.20. The van der Waals surface area contributed by atoms with Crippen LogP contribution in [0.4, 0.5) is 4.79 Å². The second-order valence-corrected chi connectivity index (χ2v) is 8.65. The van der Waals surface area contributed by atoms with E-state index in [0.29, 0.717) is 25.2 Å². The molecule has 0 aromatic rings. The van der Waals surface area contributed by atoms with Crippen LogP contribution in [-0.2, 0) is 4.79 Å². The predicted molar refractivity (Wildman–Crippen MR) is 115 cm³/mol. The molecule has 0 aromatic heterocycles. The Kier molecular flexibility index (Phi) is 10.4. The Morgan fingerprint density at radius 3 is 2.14 bits per heavy atom. The third-order valence-electron chi connectivity index (χ3n) is 6.47. The predicted octanol–water partition coefficient (Wildman–Crippen LogP) is 3.20. The maximum atomic E-state index is 12.5. The minimum absolute atomic E-state index is 0. The molecule has 1 saturated heterocycles. The maximum Gasteiger partial charge on any atom is 0.317 e. The normalized spacial score (nSPS) is 24.3.